The quantitative estimate of drug-likeness (QED) is 0.871. The topological polar surface area (TPSA) is 15.3 Å². The Morgan fingerprint density at radius 2 is 2.12 bits per heavy atom. The Kier molecular flexibility index (Phi) is 3.72. The minimum absolute atomic E-state index is 0.598. The van der Waals surface area contributed by atoms with Crippen LogP contribution in [0.1, 0.15) is 19.4 Å². The maximum Gasteiger partial charge on any atom is 0.0410 e. The SMILES string of the molecule is CCN(CC)C1CNc2ccc(Cl)cc2C1. The normalized spacial score (nSPS) is 19.4. The molecule has 0 saturated heterocycles. The third-order valence-corrected chi connectivity index (χ3v) is 3.61. The summed E-state index contributed by atoms with van der Waals surface area (Å²) in [5.74, 6) is 0. The third kappa shape index (κ3) is 2.33. The van der Waals surface area contributed by atoms with Gasteiger partial charge in [0.05, 0.1) is 0 Å². The van der Waals surface area contributed by atoms with Gasteiger partial charge in [0.15, 0.2) is 0 Å². The van der Waals surface area contributed by atoms with E-state index in [1.165, 1.54) is 11.3 Å². The molecule has 16 heavy (non-hydrogen) atoms. The standard InChI is InChI=1S/C13H19ClN2/c1-3-16(4-2)12-8-10-7-11(14)5-6-13(10)15-9-12/h5-7,12,15H,3-4,8-9H2,1-2H3. The number of anilines is 1. The van der Waals surface area contributed by atoms with E-state index in [2.05, 4.69) is 36.2 Å². The Morgan fingerprint density at radius 1 is 1.38 bits per heavy atom. The van der Waals surface area contributed by atoms with E-state index in [4.69, 9.17) is 11.6 Å². The zero-order chi connectivity index (χ0) is 11.5. The van der Waals surface area contributed by atoms with Gasteiger partial charge in [-0.1, -0.05) is 25.4 Å². The molecule has 0 bridgehead atoms. The summed E-state index contributed by atoms with van der Waals surface area (Å²) in [6, 6.07) is 6.71. The Balaban J connectivity index is 2.16. The number of fused-ring (bicyclic) bond motifs is 1. The number of benzene rings is 1. The van der Waals surface area contributed by atoms with Gasteiger partial charge < -0.3 is 5.32 Å². The minimum Gasteiger partial charge on any atom is -0.383 e. The highest BCUT2D eigenvalue weighted by Gasteiger charge is 2.22. The second kappa shape index (κ2) is 5.07. The third-order valence-electron chi connectivity index (χ3n) is 3.38. The van der Waals surface area contributed by atoms with Crippen molar-refractivity contribution in [2.45, 2.75) is 26.3 Å². The summed E-state index contributed by atoms with van der Waals surface area (Å²) in [5.41, 5.74) is 2.59. The Labute approximate surface area is 103 Å². The first kappa shape index (κ1) is 11.7. The lowest BCUT2D eigenvalue weighted by atomic mass is 9.98. The molecular weight excluding hydrogens is 220 g/mol. The van der Waals surface area contributed by atoms with Crippen molar-refractivity contribution >= 4 is 17.3 Å². The molecule has 0 fully saturated rings. The van der Waals surface area contributed by atoms with Gasteiger partial charge in [0.2, 0.25) is 0 Å². The first-order valence-electron chi connectivity index (χ1n) is 6.01. The van der Waals surface area contributed by atoms with Crippen molar-refractivity contribution in [3.05, 3.63) is 28.8 Å². The summed E-state index contributed by atoms with van der Waals surface area (Å²) in [7, 11) is 0. The van der Waals surface area contributed by atoms with E-state index in [0.29, 0.717) is 6.04 Å². The predicted octanol–water partition coefficient (Wildman–Crippen LogP) is 3.02. The van der Waals surface area contributed by atoms with E-state index >= 15 is 0 Å². The highest BCUT2D eigenvalue weighted by molar-refractivity contribution is 6.30. The van der Waals surface area contributed by atoms with Gasteiger partial charge in [-0.3, -0.25) is 4.90 Å². The van der Waals surface area contributed by atoms with E-state index in [9.17, 15) is 0 Å². The molecule has 2 nitrogen and oxygen atoms in total. The monoisotopic (exact) mass is 238 g/mol. The van der Waals surface area contributed by atoms with Gasteiger partial charge in [0, 0.05) is 23.3 Å². The molecule has 2 rings (SSSR count). The highest BCUT2D eigenvalue weighted by Crippen LogP contribution is 2.26. The zero-order valence-electron chi connectivity index (χ0n) is 9.96. The maximum absolute atomic E-state index is 6.03. The van der Waals surface area contributed by atoms with Crippen LogP contribution in [-0.2, 0) is 6.42 Å². The van der Waals surface area contributed by atoms with Gasteiger partial charge in [0.25, 0.3) is 0 Å². The number of rotatable bonds is 3. The smallest absolute Gasteiger partial charge is 0.0410 e. The molecule has 3 heteroatoms. The predicted molar refractivity (Wildman–Crippen MR) is 70.4 cm³/mol. The minimum atomic E-state index is 0.598. The van der Waals surface area contributed by atoms with Crippen LogP contribution in [0.2, 0.25) is 5.02 Å². The average molecular weight is 239 g/mol. The van der Waals surface area contributed by atoms with E-state index in [-0.39, 0.29) is 0 Å². The van der Waals surface area contributed by atoms with Crippen molar-refractivity contribution < 1.29 is 0 Å². The van der Waals surface area contributed by atoms with Crippen LogP contribution >= 0.6 is 11.6 Å². The second-order valence-electron chi connectivity index (χ2n) is 4.26. The summed E-state index contributed by atoms with van der Waals surface area (Å²) in [6.07, 6.45) is 1.10. The van der Waals surface area contributed by atoms with Crippen LogP contribution in [0.5, 0.6) is 0 Å². The van der Waals surface area contributed by atoms with Gasteiger partial charge >= 0.3 is 0 Å². The van der Waals surface area contributed by atoms with Crippen LogP contribution < -0.4 is 5.32 Å². The van der Waals surface area contributed by atoms with E-state index in [1.807, 2.05) is 6.07 Å². The fourth-order valence-corrected chi connectivity index (χ4v) is 2.65. The van der Waals surface area contributed by atoms with E-state index in [0.717, 1.165) is 31.1 Å². The first-order chi connectivity index (χ1) is 7.74. The molecule has 1 aliphatic rings. The Morgan fingerprint density at radius 3 is 2.81 bits per heavy atom. The molecule has 0 aliphatic carbocycles. The summed E-state index contributed by atoms with van der Waals surface area (Å²) in [4.78, 5) is 2.50. The van der Waals surface area contributed by atoms with E-state index < -0.39 is 0 Å². The molecule has 1 heterocycles. The molecule has 1 N–H and O–H groups in total. The first-order valence-corrected chi connectivity index (χ1v) is 6.38. The van der Waals surface area contributed by atoms with Gasteiger partial charge in [-0.05, 0) is 43.3 Å². The molecule has 1 aliphatic heterocycles. The summed E-state index contributed by atoms with van der Waals surface area (Å²) in [5, 5.41) is 4.32. The fourth-order valence-electron chi connectivity index (χ4n) is 2.46. The van der Waals surface area contributed by atoms with E-state index in [1.54, 1.807) is 0 Å². The van der Waals surface area contributed by atoms with Gasteiger partial charge in [-0.2, -0.15) is 0 Å². The van der Waals surface area contributed by atoms with Crippen LogP contribution in [0.3, 0.4) is 0 Å². The Hall–Kier alpha value is -0.730. The van der Waals surface area contributed by atoms with Crippen molar-refractivity contribution in [1.29, 1.82) is 0 Å². The van der Waals surface area contributed by atoms with Gasteiger partial charge in [0.1, 0.15) is 0 Å². The number of hydrogen-bond donors (Lipinski definition) is 1. The van der Waals surface area contributed by atoms with Crippen molar-refractivity contribution in [3.63, 3.8) is 0 Å². The molecule has 88 valence electrons. The molecule has 0 amide bonds. The molecule has 1 atom stereocenters. The molecule has 0 spiro atoms. The fraction of sp³-hybridized carbons (Fsp3) is 0.538. The summed E-state index contributed by atoms with van der Waals surface area (Å²) < 4.78 is 0. The van der Waals surface area contributed by atoms with Crippen LogP contribution in [0.15, 0.2) is 18.2 Å². The summed E-state index contributed by atoms with van der Waals surface area (Å²) in [6.45, 7) is 7.70. The highest BCUT2D eigenvalue weighted by atomic mass is 35.5. The number of halogens is 1. The van der Waals surface area contributed by atoms with Crippen molar-refractivity contribution in [2.75, 3.05) is 25.0 Å². The van der Waals surface area contributed by atoms with Gasteiger partial charge in [-0.25, -0.2) is 0 Å². The zero-order valence-corrected chi connectivity index (χ0v) is 10.7. The average Bonchev–Trinajstić information content (AvgIpc) is 2.30. The summed E-state index contributed by atoms with van der Waals surface area (Å²) >= 11 is 6.03. The lowest BCUT2D eigenvalue weighted by molar-refractivity contribution is 0.221. The number of hydrogen-bond acceptors (Lipinski definition) is 2. The number of nitrogens with zero attached hydrogens (tertiary/aromatic N) is 1. The second-order valence-corrected chi connectivity index (χ2v) is 4.70. The van der Waals surface area contributed by atoms with Gasteiger partial charge in [-0.15, -0.1) is 0 Å². The molecular formula is C13H19ClN2. The van der Waals surface area contributed by atoms with Crippen LogP contribution in [0.4, 0.5) is 5.69 Å². The van der Waals surface area contributed by atoms with Crippen LogP contribution in [0.25, 0.3) is 0 Å². The van der Waals surface area contributed by atoms with Crippen LogP contribution in [-0.4, -0.2) is 30.6 Å². The molecule has 1 unspecified atom stereocenters. The maximum atomic E-state index is 6.03. The molecule has 1 aromatic carbocycles. The van der Waals surface area contributed by atoms with Crippen LogP contribution in [0, 0.1) is 0 Å². The molecule has 1 aromatic rings. The number of nitrogens with one attached hydrogen (secondary N) is 1. The molecule has 0 saturated carbocycles. The lowest BCUT2D eigenvalue weighted by Gasteiger charge is -2.34. The molecule has 0 aromatic heterocycles. The number of likely N-dealkylation sites (N-methyl/N-ethyl adjacent to an activating group) is 1. The van der Waals surface area contributed by atoms with Crippen molar-refractivity contribution in [3.8, 4) is 0 Å². The lowest BCUT2D eigenvalue weighted by Crippen LogP contribution is -2.43. The molecule has 0 radical (unpaired) electrons. The largest absolute Gasteiger partial charge is 0.383 e. The van der Waals surface area contributed by atoms with Crippen molar-refractivity contribution in [1.82, 2.24) is 4.90 Å². The Bertz CT molecular complexity index is 361. The van der Waals surface area contributed by atoms with Crippen molar-refractivity contribution in [2.24, 2.45) is 0 Å².